The summed E-state index contributed by atoms with van der Waals surface area (Å²) in [7, 11) is -3.48. The van der Waals surface area contributed by atoms with Gasteiger partial charge in [0, 0.05) is 17.1 Å². The maximum absolute atomic E-state index is 12.5. The van der Waals surface area contributed by atoms with Gasteiger partial charge in [-0.15, -0.1) is 0 Å². The van der Waals surface area contributed by atoms with E-state index in [2.05, 4.69) is 10.9 Å². The second-order valence-corrected chi connectivity index (χ2v) is 8.94. The van der Waals surface area contributed by atoms with Crippen LogP contribution in [0.4, 0.5) is 0 Å². The first-order chi connectivity index (χ1) is 13.2. The monoisotopic (exact) mass is 405 g/mol. The zero-order valence-electron chi connectivity index (χ0n) is 16.5. The molecular weight excluding hydrogens is 378 g/mol. The highest BCUT2D eigenvalue weighted by atomic mass is 32.2. The number of hydrazine groups is 1. The van der Waals surface area contributed by atoms with Gasteiger partial charge in [0.2, 0.25) is 0 Å². The number of para-hydroxylation sites is 1. The molecule has 2 amide bonds. The van der Waals surface area contributed by atoms with Crippen LogP contribution in [0.3, 0.4) is 0 Å². The predicted octanol–water partition coefficient (Wildman–Crippen LogP) is 2.46. The first-order valence-electron chi connectivity index (χ1n) is 9.29. The minimum Gasteiger partial charge on any atom is -0.318 e. The molecule has 1 heterocycles. The van der Waals surface area contributed by atoms with Crippen molar-refractivity contribution in [2.24, 2.45) is 0 Å². The molecule has 28 heavy (non-hydrogen) atoms. The van der Waals surface area contributed by atoms with Crippen LogP contribution >= 0.6 is 0 Å². The fourth-order valence-electron chi connectivity index (χ4n) is 3.04. The van der Waals surface area contributed by atoms with E-state index >= 15 is 0 Å². The molecule has 0 aliphatic carbocycles. The van der Waals surface area contributed by atoms with E-state index in [0.717, 1.165) is 29.9 Å². The fraction of sp³-hybridized carbons (Fsp3) is 0.400. The summed E-state index contributed by atoms with van der Waals surface area (Å²) in [5.74, 6) is -1.91. The molecule has 0 aliphatic rings. The number of benzene rings is 1. The Kier molecular flexibility index (Phi) is 7.39. The van der Waals surface area contributed by atoms with Gasteiger partial charge in [-0.2, -0.15) is 0 Å². The summed E-state index contributed by atoms with van der Waals surface area (Å²) in [6, 6.07) is 11.3. The van der Waals surface area contributed by atoms with Crippen LogP contribution in [-0.2, 0) is 14.6 Å². The van der Waals surface area contributed by atoms with E-state index in [4.69, 9.17) is 0 Å². The van der Waals surface area contributed by atoms with Crippen molar-refractivity contribution in [3.63, 3.8) is 0 Å². The van der Waals surface area contributed by atoms with Gasteiger partial charge in [-0.3, -0.25) is 20.4 Å². The van der Waals surface area contributed by atoms with Crippen LogP contribution in [0.5, 0.6) is 0 Å². The van der Waals surface area contributed by atoms with E-state index in [1.54, 1.807) is 6.07 Å². The molecule has 0 spiro atoms. The number of hydrogen-bond donors (Lipinski definition) is 2. The number of unbranched alkanes of at least 4 members (excludes halogenated alkanes) is 2. The molecule has 2 aromatic rings. The van der Waals surface area contributed by atoms with Crippen molar-refractivity contribution in [1.29, 1.82) is 0 Å². The summed E-state index contributed by atoms with van der Waals surface area (Å²) < 4.78 is 25.8. The lowest BCUT2D eigenvalue weighted by Gasteiger charge is -2.10. The maximum atomic E-state index is 12.5. The Bertz CT molecular complexity index is 934. The molecule has 2 N–H and O–H groups in total. The van der Waals surface area contributed by atoms with Crippen molar-refractivity contribution in [3.8, 4) is 5.69 Å². The fourth-order valence-corrected chi connectivity index (χ4v) is 4.30. The van der Waals surface area contributed by atoms with Gasteiger partial charge in [0.15, 0.2) is 9.84 Å². The molecule has 2 rings (SSSR count). The van der Waals surface area contributed by atoms with Crippen LogP contribution in [0.1, 0.15) is 47.9 Å². The Morgan fingerprint density at radius 2 is 1.71 bits per heavy atom. The van der Waals surface area contributed by atoms with Crippen LogP contribution in [0.25, 0.3) is 5.69 Å². The number of nitrogens with one attached hydrogen (secondary N) is 2. The van der Waals surface area contributed by atoms with Crippen molar-refractivity contribution >= 4 is 21.7 Å². The molecule has 0 saturated carbocycles. The molecule has 0 atom stereocenters. The Morgan fingerprint density at radius 1 is 1.04 bits per heavy atom. The Morgan fingerprint density at radius 3 is 2.36 bits per heavy atom. The lowest BCUT2D eigenvalue weighted by Crippen LogP contribution is -2.44. The molecule has 0 aliphatic heterocycles. The zero-order valence-corrected chi connectivity index (χ0v) is 17.3. The number of carbonyl (C=O) groups excluding carboxylic acids is 2. The zero-order chi connectivity index (χ0) is 20.7. The smallest absolute Gasteiger partial charge is 0.271 e. The summed E-state index contributed by atoms with van der Waals surface area (Å²) in [5, 5.41) is 0. The highest BCUT2D eigenvalue weighted by Gasteiger charge is 2.19. The number of hydrogen-bond acceptors (Lipinski definition) is 4. The van der Waals surface area contributed by atoms with Crippen molar-refractivity contribution in [1.82, 2.24) is 15.4 Å². The van der Waals surface area contributed by atoms with Crippen LogP contribution in [0, 0.1) is 13.8 Å². The van der Waals surface area contributed by atoms with Gasteiger partial charge in [0.05, 0.1) is 11.3 Å². The Labute approximate surface area is 166 Å². The van der Waals surface area contributed by atoms with Gasteiger partial charge in [-0.1, -0.05) is 38.0 Å². The van der Waals surface area contributed by atoms with E-state index in [0.29, 0.717) is 12.0 Å². The van der Waals surface area contributed by atoms with Gasteiger partial charge in [-0.05, 0) is 38.5 Å². The normalized spacial score (nSPS) is 11.2. The minimum atomic E-state index is -3.48. The van der Waals surface area contributed by atoms with Gasteiger partial charge in [-0.25, -0.2) is 8.42 Å². The van der Waals surface area contributed by atoms with Crippen LogP contribution < -0.4 is 10.9 Å². The lowest BCUT2D eigenvalue weighted by atomic mass is 10.2. The summed E-state index contributed by atoms with van der Waals surface area (Å²) in [6.45, 7) is 5.68. The highest BCUT2D eigenvalue weighted by Crippen LogP contribution is 2.20. The number of rotatable bonds is 8. The van der Waals surface area contributed by atoms with Gasteiger partial charge >= 0.3 is 0 Å². The standard InChI is InChI=1S/C20H27N3O4S/c1-4-5-9-12-28(26,27)14-19(24)21-22-20(25)18-13-15(2)23(16(18)3)17-10-7-6-8-11-17/h6-8,10-11,13H,4-5,9,12,14H2,1-3H3,(H,21,24)(H,22,25). The Hall–Kier alpha value is -2.61. The third kappa shape index (κ3) is 5.69. The summed E-state index contributed by atoms with van der Waals surface area (Å²) in [5.41, 5.74) is 7.44. The van der Waals surface area contributed by atoms with E-state index < -0.39 is 27.4 Å². The predicted molar refractivity (Wildman–Crippen MR) is 109 cm³/mol. The topological polar surface area (TPSA) is 97.3 Å². The van der Waals surface area contributed by atoms with Crippen molar-refractivity contribution in [2.45, 2.75) is 40.0 Å². The first-order valence-corrected chi connectivity index (χ1v) is 11.1. The largest absolute Gasteiger partial charge is 0.318 e. The van der Waals surface area contributed by atoms with Crippen LogP contribution in [0.15, 0.2) is 36.4 Å². The molecule has 0 fully saturated rings. The second-order valence-electron chi connectivity index (χ2n) is 6.76. The second kappa shape index (κ2) is 9.54. The Balaban J connectivity index is 1.99. The molecule has 0 radical (unpaired) electrons. The summed E-state index contributed by atoms with van der Waals surface area (Å²) in [4.78, 5) is 24.4. The average molecular weight is 406 g/mol. The minimum absolute atomic E-state index is 0.0273. The number of sulfone groups is 1. The molecule has 1 aromatic heterocycles. The molecule has 7 nitrogen and oxygen atoms in total. The molecule has 0 saturated heterocycles. The quantitative estimate of drug-likeness (QED) is 0.521. The summed E-state index contributed by atoms with van der Waals surface area (Å²) in [6.07, 6.45) is 2.23. The van der Waals surface area contributed by atoms with E-state index in [-0.39, 0.29) is 5.75 Å². The maximum Gasteiger partial charge on any atom is 0.271 e. The number of aromatic nitrogens is 1. The number of carbonyl (C=O) groups is 2. The number of amides is 2. The molecule has 0 unspecified atom stereocenters. The molecule has 152 valence electrons. The molecular formula is C20H27N3O4S. The number of nitrogens with zero attached hydrogens (tertiary/aromatic N) is 1. The highest BCUT2D eigenvalue weighted by molar-refractivity contribution is 7.92. The van der Waals surface area contributed by atoms with E-state index in [1.807, 2.05) is 55.7 Å². The molecule has 0 bridgehead atoms. The van der Waals surface area contributed by atoms with Crippen LogP contribution in [0.2, 0.25) is 0 Å². The average Bonchev–Trinajstić information content (AvgIpc) is 2.94. The number of aryl methyl sites for hydroxylation is 1. The van der Waals surface area contributed by atoms with Crippen molar-refractivity contribution in [2.75, 3.05) is 11.5 Å². The van der Waals surface area contributed by atoms with Gasteiger partial charge in [0.1, 0.15) is 5.75 Å². The van der Waals surface area contributed by atoms with Crippen molar-refractivity contribution in [3.05, 3.63) is 53.3 Å². The van der Waals surface area contributed by atoms with Gasteiger partial charge in [0.25, 0.3) is 11.8 Å². The third-order valence-corrected chi connectivity index (χ3v) is 6.03. The first kappa shape index (κ1) is 21.7. The van der Waals surface area contributed by atoms with Crippen molar-refractivity contribution < 1.29 is 18.0 Å². The van der Waals surface area contributed by atoms with Gasteiger partial charge < -0.3 is 4.57 Å². The third-order valence-electron chi connectivity index (χ3n) is 4.42. The van der Waals surface area contributed by atoms with E-state index in [1.165, 1.54) is 0 Å². The molecule has 1 aromatic carbocycles. The molecule has 8 heteroatoms. The van der Waals surface area contributed by atoms with Crippen LogP contribution in [-0.4, -0.2) is 36.3 Å². The lowest BCUT2D eigenvalue weighted by molar-refractivity contribution is -0.119. The summed E-state index contributed by atoms with van der Waals surface area (Å²) >= 11 is 0. The SMILES string of the molecule is CCCCCS(=O)(=O)CC(=O)NNC(=O)c1cc(C)n(-c2ccccc2)c1C. The van der Waals surface area contributed by atoms with E-state index in [9.17, 15) is 18.0 Å².